The van der Waals surface area contributed by atoms with Crippen molar-refractivity contribution in [3.8, 4) is 28.4 Å². The van der Waals surface area contributed by atoms with E-state index in [1.807, 2.05) is 42.5 Å². The summed E-state index contributed by atoms with van der Waals surface area (Å²) in [6.45, 7) is 0. The standard InChI is InChI=1S/C17H13N5O/c1-23-15-5-3-2-4-13(15)16-20-17-19-11-8-14(22(17)21-16)12-6-9-18-10-7-12/h2-11H,1H3. The van der Waals surface area contributed by atoms with Crippen LogP contribution in [0.2, 0.25) is 0 Å². The predicted octanol–water partition coefficient (Wildman–Crippen LogP) is 2.86. The Kier molecular flexibility index (Phi) is 3.20. The van der Waals surface area contributed by atoms with Crippen LogP contribution in [0.5, 0.6) is 5.75 Å². The number of rotatable bonds is 3. The summed E-state index contributed by atoms with van der Waals surface area (Å²) in [4.78, 5) is 12.9. The highest BCUT2D eigenvalue weighted by molar-refractivity contribution is 5.67. The van der Waals surface area contributed by atoms with Crippen LogP contribution >= 0.6 is 0 Å². The van der Waals surface area contributed by atoms with E-state index in [1.54, 1.807) is 30.2 Å². The van der Waals surface area contributed by atoms with E-state index in [2.05, 4.69) is 20.1 Å². The summed E-state index contributed by atoms with van der Waals surface area (Å²) in [7, 11) is 1.63. The molecule has 4 rings (SSSR count). The van der Waals surface area contributed by atoms with Gasteiger partial charge in [-0.3, -0.25) is 4.98 Å². The Morgan fingerprint density at radius 3 is 2.61 bits per heavy atom. The number of pyridine rings is 1. The fourth-order valence-electron chi connectivity index (χ4n) is 2.48. The van der Waals surface area contributed by atoms with E-state index >= 15 is 0 Å². The molecular weight excluding hydrogens is 290 g/mol. The molecule has 112 valence electrons. The van der Waals surface area contributed by atoms with E-state index in [-0.39, 0.29) is 0 Å². The van der Waals surface area contributed by atoms with Gasteiger partial charge in [0.1, 0.15) is 5.75 Å². The quantitative estimate of drug-likeness (QED) is 0.582. The van der Waals surface area contributed by atoms with Crippen molar-refractivity contribution < 1.29 is 4.74 Å². The lowest BCUT2D eigenvalue weighted by molar-refractivity contribution is 0.416. The van der Waals surface area contributed by atoms with Crippen LogP contribution in [0.4, 0.5) is 0 Å². The molecule has 3 aromatic heterocycles. The van der Waals surface area contributed by atoms with Crippen LogP contribution in [-0.4, -0.2) is 31.7 Å². The van der Waals surface area contributed by atoms with Gasteiger partial charge in [0.15, 0.2) is 5.82 Å². The molecule has 0 radical (unpaired) electrons. The van der Waals surface area contributed by atoms with Crippen molar-refractivity contribution in [2.24, 2.45) is 0 Å². The average Bonchev–Trinajstić information content (AvgIpc) is 3.06. The van der Waals surface area contributed by atoms with Crippen LogP contribution in [0.3, 0.4) is 0 Å². The molecule has 0 aliphatic rings. The zero-order valence-corrected chi connectivity index (χ0v) is 12.4. The molecule has 0 atom stereocenters. The molecule has 1 aromatic carbocycles. The highest BCUT2D eigenvalue weighted by Crippen LogP contribution is 2.28. The lowest BCUT2D eigenvalue weighted by Gasteiger charge is -2.04. The minimum absolute atomic E-state index is 0.542. The maximum absolute atomic E-state index is 5.39. The highest BCUT2D eigenvalue weighted by atomic mass is 16.5. The molecule has 0 N–H and O–H groups in total. The molecule has 0 amide bonds. The number of nitrogens with zero attached hydrogens (tertiary/aromatic N) is 5. The Morgan fingerprint density at radius 2 is 1.78 bits per heavy atom. The van der Waals surface area contributed by atoms with Gasteiger partial charge >= 0.3 is 0 Å². The maximum Gasteiger partial charge on any atom is 0.253 e. The fraction of sp³-hybridized carbons (Fsp3) is 0.0588. The molecule has 6 nitrogen and oxygen atoms in total. The van der Waals surface area contributed by atoms with E-state index in [1.165, 1.54) is 0 Å². The number of benzene rings is 1. The monoisotopic (exact) mass is 303 g/mol. The van der Waals surface area contributed by atoms with E-state index < -0.39 is 0 Å². The van der Waals surface area contributed by atoms with Gasteiger partial charge in [0.05, 0.1) is 18.4 Å². The molecule has 4 aromatic rings. The second kappa shape index (κ2) is 5.49. The second-order valence-electron chi connectivity index (χ2n) is 4.91. The molecule has 0 bridgehead atoms. The molecule has 23 heavy (non-hydrogen) atoms. The predicted molar refractivity (Wildman–Crippen MR) is 86.0 cm³/mol. The van der Waals surface area contributed by atoms with Gasteiger partial charge < -0.3 is 4.74 Å². The Bertz CT molecular complexity index is 965. The summed E-state index contributed by atoms with van der Waals surface area (Å²) in [5.74, 6) is 1.85. The highest BCUT2D eigenvalue weighted by Gasteiger charge is 2.14. The minimum atomic E-state index is 0.542. The van der Waals surface area contributed by atoms with Crippen molar-refractivity contribution >= 4 is 5.78 Å². The Morgan fingerprint density at radius 1 is 0.957 bits per heavy atom. The van der Waals surface area contributed by atoms with Gasteiger partial charge in [-0.2, -0.15) is 9.50 Å². The van der Waals surface area contributed by atoms with E-state index in [9.17, 15) is 0 Å². The maximum atomic E-state index is 5.39. The first-order valence-corrected chi connectivity index (χ1v) is 7.12. The SMILES string of the molecule is COc1ccccc1-c1nc2nccc(-c3ccncc3)n2n1. The number of hydrogen-bond donors (Lipinski definition) is 0. The lowest BCUT2D eigenvalue weighted by atomic mass is 10.2. The summed E-state index contributed by atoms with van der Waals surface area (Å²) in [6, 6.07) is 13.4. The van der Waals surface area contributed by atoms with Gasteiger partial charge in [0.25, 0.3) is 5.78 Å². The number of hydrogen-bond acceptors (Lipinski definition) is 5. The zero-order chi connectivity index (χ0) is 15.6. The first kappa shape index (κ1) is 13.4. The molecular formula is C17H13N5O. The van der Waals surface area contributed by atoms with Gasteiger partial charge in [-0.05, 0) is 30.3 Å². The first-order chi connectivity index (χ1) is 11.4. The molecule has 0 saturated carbocycles. The van der Waals surface area contributed by atoms with Gasteiger partial charge in [-0.25, -0.2) is 4.98 Å². The van der Waals surface area contributed by atoms with Crippen LogP contribution < -0.4 is 4.74 Å². The van der Waals surface area contributed by atoms with Gasteiger partial charge in [-0.1, -0.05) is 12.1 Å². The normalized spacial score (nSPS) is 10.8. The number of ether oxygens (including phenoxy) is 1. The second-order valence-corrected chi connectivity index (χ2v) is 4.91. The molecule has 6 heteroatoms. The van der Waals surface area contributed by atoms with Crippen molar-refractivity contribution in [1.29, 1.82) is 0 Å². The third-order valence-electron chi connectivity index (χ3n) is 3.56. The van der Waals surface area contributed by atoms with E-state index in [4.69, 9.17) is 4.74 Å². The molecule has 0 fully saturated rings. The smallest absolute Gasteiger partial charge is 0.253 e. The van der Waals surface area contributed by atoms with Crippen molar-refractivity contribution in [1.82, 2.24) is 24.6 Å². The van der Waals surface area contributed by atoms with Crippen LogP contribution in [0.1, 0.15) is 0 Å². The number of fused-ring (bicyclic) bond motifs is 1. The summed E-state index contributed by atoms with van der Waals surface area (Å²) >= 11 is 0. The van der Waals surface area contributed by atoms with Gasteiger partial charge in [0, 0.05) is 24.2 Å². The molecule has 0 aliphatic heterocycles. The fourth-order valence-corrected chi connectivity index (χ4v) is 2.48. The molecule has 0 unspecified atom stereocenters. The molecule has 0 spiro atoms. The molecule has 3 heterocycles. The third-order valence-corrected chi connectivity index (χ3v) is 3.56. The van der Waals surface area contributed by atoms with Crippen LogP contribution in [0.15, 0.2) is 61.1 Å². The van der Waals surface area contributed by atoms with Crippen molar-refractivity contribution in [2.45, 2.75) is 0 Å². The molecule has 0 saturated heterocycles. The summed E-state index contributed by atoms with van der Waals surface area (Å²) in [5, 5.41) is 4.61. The van der Waals surface area contributed by atoms with E-state index in [0.717, 1.165) is 22.6 Å². The summed E-state index contributed by atoms with van der Waals surface area (Å²) in [5.41, 5.74) is 2.75. The van der Waals surface area contributed by atoms with E-state index in [0.29, 0.717) is 11.6 Å². The van der Waals surface area contributed by atoms with Gasteiger partial charge in [-0.15, -0.1) is 5.10 Å². The Hall–Kier alpha value is -3.28. The zero-order valence-electron chi connectivity index (χ0n) is 12.4. The first-order valence-electron chi connectivity index (χ1n) is 7.12. The van der Waals surface area contributed by atoms with Crippen LogP contribution in [0, 0.1) is 0 Å². The van der Waals surface area contributed by atoms with Crippen molar-refractivity contribution in [2.75, 3.05) is 7.11 Å². The number of aromatic nitrogens is 5. The summed E-state index contributed by atoms with van der Waals surface area (Å²) in [6.07, 6.45) is 5.23. The number of para-hydroxylation sites is 1. The lowest BCUT2D eigenvalue weighted by Crippen LogP contribution is -1.96. The van der Waals surface area contributed by atoms with Crippen molar-refractivity contribution in [3.63, 3.8) is 0 Å². The average molecular weight is 303 g/mol. The summed E-state index contributed by atoms with van der Waals surface area (Å²) < 4.78 is 7.13. The number of methoxy groups -OCH3 is 1. The minimum Gasteiger partial charge on any atom is -0.496 e. The molecule has 0 aliphatic carbocycles. The van der Waals surface area contributed by atoms with Crippen LogP contribution in [-0.2, 0) is 0 Å². The largest absolute Gasteiger partial charge is 0.496 e. The third kappa shape index (κ3) is 2.30. The Labute approximate surface area is 132 Å². The van der Waals surface area contributed by atoms with Gasteiger partial charge in [0.2, 0.25) is 0 Å². The Balaban J connectivity index is 1.92. The van der Waals surface area contributed by atoms with Crippen LogP contribution in [0.25, 0.3) is 28.4 Å². The topological polar surface area (TPSA) is 65.2 Å². The van der Waals surface area contributed by atoms with Crippen molar-refractivity contribution in [3.05, 3.63) is 61.1 Å².